The predicted octanol–water partition coefficient (Wildman–Crippen LogP) is 4.00. The van der Waals surface area contributed by atoms with E-state index >= 15 is 0 Å². The molecule has 2 aromatic carbocycles. The van der Waals surface area contributed by atoms with Crippen LogP contribution in [0.2, 0.25) is 0 Å². The minimum Gasteiger partial charge on any atom is -0.353 e. The van der Waals surface area contributed by atoms with Crippen LogP contribution in [0.5, 0.6) is 0 Å². The Kier molecular flexibility index (Phi) is 5.32. The Balaban J connectivity index is 1.36. The number of benzene rings is 2. The number of rotatable bonds is 6. The van der Waals surface area contributed by atoms with E-state index in [1.807, 2.05) is 30.5 Å². The Labute approximate surface area is 183 Å². The van der Waals surface area contributed by atoms with Gasteiger partial charge in [-0.3, -0.25) is 4.79 Å². The van der Waals surface area contributed by atoms with E-state index in [0.717, 1.165) is 53.5 Å². The van der Waals surface area contributed by atoms with E-state index in [0.29, 0.717) is 23.6 Å². The minimum atomic E-state index is 0.0106. The monoisotopic (exact) mass is 415 g/mol. The first-order chi connectivity index (χ1) is 15.1. The molecule has 160 valence electrons. The molecule has 5 rings (SSSR count). The maximum atomic E-state index is 12.5. The molecular weight excluding hydrogens is 386 g/mol. The summed E-state index contributed by atoms with van der Waals surface area (Å²) in [6.45, 7) is 4.11. The van der Waals surface area contributed by atoms with Crippen molar-refractivity contribution >= 4 is 22.8 Å². The number of hydrogen-bond donors (Lipinski definition) is 2. The summed E-state index contributed by atoms with van der Waals surface area (Å²) in [6, 6.07) is 13.0. The van der Waals surface area contributed by atoms with Gasteiger partial charge in [-0.1, -0.05) is 12.1 Å². The summed E-state index contributed by atoms with van der Waals surface area (Å²) in [5, 5.41) is 7.46. The van der Waals surface area contributed by atoms with Gasteiger partial charge < -0.3 is 15.5 Å². The van der Waals surface area contributed by atoms with Crippen molar-refractivity contribution in [2.75, 3.05) is 25.5 Å². The van der Waals surface area contributed by atoms with Crippen LogP contribution in [-0.4, -0.2) is 53.0 Å². The van der Waals surface area contributed by atoms with Crippen molar-refractivity contribution in [3.05, 3.63) is 53.7 Å². The van der Waals surface area contributed by atoms with Crippen LogP contribution in [-0.2, 0) is 0 Å². The van der Waals surface area contributed by atoms with Crippen LogP contribution in [0.25, 0.3) is 22.0 Å². The summed E-state index contributed by atoms with van der Waals surface area (Å²) >= 11 is 0. The molecule has 6 nitrogen and oxygen atoms in total. The molecule has 0 unspecified atom stereocenters. The SMILES string of the molecule is Cc1ccc(C(=O)NC2CC2)cc1-c1ccc2nc(NC[C@@H]3CCCN3C)ncc2c1. The Hall–Kier alpha value is -2.99. The van der Waals surface area contributed by atoms with Gasteiger partial charge in [-0.05, 0) is 87.2 Å². The van der Waals surface area contributed by atoms with E-state index in [4.69, 9.17) is 4.98 Å². The number of hydrogen-bond acceptors (Lipinski definition) is 5. The predicted molar refractivity (Wildman–Crippen MR) is 124 cm³/mol. The van der Waals surface area contributed by atoms with Crippen LogP contribution < -0.4 is 10.6 Å². The summed E-state index contributed by atoms with van der Waals surface area (Å²) in [5.74, 6) is 0.687. The van der Waals surface area contributed by atoms with Crippen molar-refractivity contribution in [1.29, 1.82) is 0 Å². The van der Waals surface area contributed by atoms with Gasteiger partial charge in [0.2, 0.25) is 5.95 Å². The molecule has 1 saturated carbocycles. The van der Waals surface area contributed by atoms with Crippen molar-refractivity contribution in [2.24, 2.45) is 0 Å². The Morgan fingerprint density at radius 3 is 2.81 bits per heavy atom. The zero-order chi connectivity index (χ0) is 21.4. The standard InChI is InChI=1S/C25H29N5O/c1-16-5-6-18(24(31)28-20-8-9-20)13-22(16)17-7-10-23-19(12-17)14-26-25(29-23)27-15-21-4-3-11-30(21)2/h5-7,10,12-14,20-21H,3-4,8-9,11,15H2,1-2H3,(H,28,31)(H,26,27,29)/t21-/m0/s1. The highest BCUT2D eigenvalue weighted by atomic mass is 16.1. The van der Waals surface area contributed by atoms with Gasteiger partial charge in [-0.25, -0.2) is 9.97 Å². The highest BCUT2D eigenvalue weighted by Crippen LogP contribution is 2.28. The molecule has 31 heavy (non-hydrogen) atoms. The molecule has 2 N–H and O–H groups in total. The zero-order valence-electron chi connectivity index (χ0n) is 18.2. The van der Waals surface area contributed by atoms with Gasteiger partial charge in [0.15, 0.2) is 0 Å². The van der Waals surface area contributed by atoms with Crippen molar-refractivity contribution < 1.29 is 4.79 Å². The molecule has 3 aromatic rings. The third-order valence-electron chi connectivity index (χ3n) is 6.47. The number of likely N-dealkylation sites (tertiary alicyclic amines) is 1. The number of carbonyl (C=O) groups is 1. The molecule has 0 radical (unpaired) electrons. The number of amides is 1. The largest absolute Gasteiger partial charge is 0.353 e. The second-order valence-electron chi connectivity index (χ2n) is 8.90. The number of aryl methyl sites for hydroxylation is 1. The lowest BCUT2D eigenvalue weighted by atomic mass is 9.97. The van der Waals surface area contributed by atoms with E-state index in [9.17, 15) is 4.79 Å². The molecule has 1 amide bonds. The van der Waals surface area contributed by atoms with Crippen LogP contribution in [0.4, 0.5) is 5.95 Å². The maximum Gasteiger partial charge on any atom is 0.251 e. The summed E-state index contributed by atoms with van der Waals surface area (Å²) in [6.07, 6.45) is 6.53. The maximum absolute atomic E-state index is 12.5. The summed E-state index contributed by atoms with van der Waals surface area (Å²) in [7, 11) is 2.18. The first-order valence-electron chi connectivity index (χ1n) is 11.2. The molecule has 1 aliphatic heterocycles. The average Bonchev–Trinajstić information content (AvgIpc) is 3.50. The van der Waals surface area contributed by atoms with E-state index in [-0.39, 0.29) is 5.91 Å². The quantitative estimate of drug-likeness (QED) is 0.637. The average molecular weight is 416 g/mol. The van der Waals surface area contributed by atoms with Gasteiger partial charge in [-0.15, -0.1) is 0 Å². The second kappa shape index (κ2) is 8.27. The molecule has 1 aliphatic carbocycles. The second-order valence-corrected chi connectivity index (χ2v) is 8.90. The molecule has 1 saturated heterocycles. The Bertz CT molecular complexity index is 1120. The fourth-order valence-corrected chi connectivity index (χ4v) is 4.30. The molecular formula is C25H29N5O. The summed E-state index contributed by atoms with van der Waals surface area (Å²) in [5.41, 5.74) is 4.91. The van der Waals surface area contributed by atoms with Gasteiger partial charge in [-0.2, -0.15) is 0 Å². The third-order valence-corrected chi connectivity index (χ3v) is 6.47. The van der Waals surface area contributed by atoms with Crippen molar-refractivity contribution in [1.82, 2.24) is 20.2 Å². The first kappa shape index (κ1) is 19.9. The lowest BCUT2D eigenvalue weighted by Crippen LogP contribution is -2.31. The number of aromatic nitrogens is 2. The molecule has 2 heterocycles. The fraction of sp³-hybridized carbons (Fsp3) is 0.400. The topological polar surface area (TPSA) is 70.2 Å². The van der Waals surface area contributed by atoms with Crippen LogP contribution >= 0.6 is 0 Å². The number of likely N-dealkylation sites (N-methyl/N-ethyl adjacent to an activating group) is 1. The van der Waals surface area contributed by atoms with Gasteiger partial charge >= 0.3 is 0 Å². The number of nitrogens with one attached hydrogen (secondary N) is 2. The van der Waals surface area contributed by atoms with Crippen LogP contribution in [0, 0.1) is 6.92 Å². The van der Waals surface area contributed by atoms with Crippen molar-refractivity contribution in [2.45, 2.75) is 44.7 Å². The molecule has 1 aromatic heterocycles. The van der Waals surface area contributed by atoms with Gasteiger partial charge in [0, 0.05) is 35.8 Å². The Morgan fingerprint density at radius 1 is 1.16 bits per heavy atom. The van der Waals surface area contributed by atoms with Gasteiger partial charge in [0.1, 0.15) is 0 Å². The summed E-state index contributed by atoms with van der Waals surface area (Å²) < 4.78 is 0. The molecule has 1 atom stereocenters. The molecule has 2 aliphatic rings. The number of anilines is 1. The van der Waals surface area contributed by atoms with Crippen molar-refractivity contribution in [3.8, 4) is 11.1 Å². The fourth-order valence-electron chi connectivity index (χ4n) is 4.30. The van der Waals surface area contributed by atoms with Gasteiger partial charge in [0.25, 0.3) is 5.91 Å². The number of fused-ring (bicyclic) bond motifs is 1. The highest BCUT2D eigenvalue weighted by molar-refractivity contribution is 5.96. The van der Waals surface area contributed by atoms with Gasteiger partial charge in [0.05, 0.1) is 5.52 Å². The van der Waals surface area contributed by atoms with Crippen LogP contribution in [0.15, 0.2) is 42.6 Å². The molecule has 0 spiro atoms. The van der Waals surface area contributed by atoms with E-state index in [2.05, 4.69) is 46.6 Å². The molecule has 0 bridgehead atoms. The lowest BCUT2D eigenvalue weighted by Gasteiger charge is -2.19. The van der Waals surface area contributed by atoms with Crippen molar-refractivity contribution in [3.63, 3.8) is 0 Å². The smallest absolute Gasteiger partial charge is 0.251 e. The first-order valence-corrected chi connectivity index (χ1v) is 11.2. The van der Waals surface area contributed by atoms with Crippen LogP contribution in [0.3, 0.4) is 0 Å². The highest BCUT2D eigenvalue weighted by Gasteiger charge is 2.24. The van der Waals surface area contributed by atoms with Crippen LogP contribution in [0.1, 0.15) is 41.6 Å². The summed E-state index contributed by atoms with van der Waals surface area (Å²) in [4.78, 5) is 24.1. The lowest BCUT2D eigenvalue weighted by molar-refractivity contribution is 0.0951. The molecule has 2 fully saturated rings. The minimum absolute atomic E-state index is 0.0106. The van der Waals surface area contributed by atoms with E-state index in [1.54, 1.807) is 0 Å². The number of nitrogens with zero attached hydrogens (tertiary/aromatic N) is 3. The number of carbonyl (C=O) groups excluding carboxylic acids is 1. The van der Waals surface area contributed by atoms with E-state index in [1.165, 1.54) is 12.8 Å². The van der Waals surface area contributed by atoms with E-state index < -0.39 is 0 Å². The molecule has 6 heteroatoms. The Morgan fingerprint density at radius 2 is 2.03 bits per heavy atom. The normalized spacial score (nSPS) is 19.0. The third kappa shape index (κ3) is 4.39. The zero-order valence-corrected chi connectivity index (χ0v) is 18.2.